The van der Waals surface area contributed by atoms with Gasteiger partial charge in [0.15, 0.2) is 12.2 Å². The molecular formula is C26H29N2O6S4-. The largest absolute Gasteiger partial charge is 0.748 e. The molecule has 0 aliphatic carbocycles. The van der Waals surface area contributed by atoms with Gasteiger partial charge in [0, 0.05) is 47.8 Å². The summed E-state index contributed by atoms with van der Waals surface area (Å²) < 4.78 is 69.0. The van der Waals surface area contributed by atoms with Crippen LogP contribution < -0.4 is 9.47 Å². The average Bonchev–Trinajstić information content (AvgIpc) is 3.37. The number of fused-ring (bicyclic) bond motifs is 3. The number of hydrogen-bond donors (Lipinski definition) is 0. The van der Waals surface area contributed by atoms with E-state index in [0.717, 1.165) is 49.1 Å². The Labute approximate surface area is 232 Å². The molecule has 0 atom stereocenters. The van der Waals surface area contributed by atoms with E-state index in [1.807, 2.05) is 48.1 Å². The fourth-order valence-corrected chi connectivity index (χ4v) is 7.56. The molecule has 8 nitrogen and oxygen atoms in total. The predicted molar refractivity (Wildman–Crippen MR) is 151 cm³/mol. The Balaban J connectivity index is 1.68. The highest BCUT2D eigenvalue weighted by Crippen LogP contribution is 2.50. The fraction of sp³-hybridized carbons (Fsp3) is 0.346. The van der Waals surface area contributed by atoms with E-state index in [4.69, 9.17) is 0 Å². The van der Waals surface area contributed by atoms with E-state index >= 15 is 0 Å². The number of thioether (sulfide) groups is 1. The highest BCUT2D eigenvalue weighted by Gasteiger charge is 2.27. The van der Waals surface area contributed by atoms with Gasteiger partial charge in [0.2, 0.25) is 0 Å². The Hall–Kier alpha value is -2.22. The number of benzene rings is 2. The van der Waals surface area contributed by atoms with Gasteiger partial charge in [-0.25, -0.2) is 16.8 Å². The monoisotopic (exact) mass is 593 g/mol. The second kappa shape index (κ2) is 11.9. The number of rotatable bonds is 11. The van der Waals surface area contributed by atoms with Crippen LogP contribution in [0.4, 0.5) is 5.69 Å². The molecule has 12 heteroatoms. The second-order valence-corrected chi connectivity index (χ2v) is 14.0. The predicted octanol–water partition coefficient (Wildman–Crippen LogP) is 4.61. The van der Waals surface area contributed by atoms with Gasteiger partial charge in [0.1, 0.15) is 0 Å². The quantitative estimate of drug-likeness (QED) is 0.233. The van der Waals surface area contributed by atoms with Gasteiger partial charge in [0.25, 0.3) is 5.01 Å². The summed E-state index contributed by atoms with van der Waals surface area (Å²) in [5, 5.41) is 6.04. The average molecular weight is 594 g/mol. The van der Waals surface area contributed by atoms with Crippen LogP contribution in [-0.2, 0) is 26.8 Å². The first kappa shape index (κ1) is 28.8. The van der Waals surface area contributed by atoms with Crippen LogP contribution in [-0.4, -0.2) is 44.0 Å². The summed E-state index contributed by atoms with van der Waals surface area (Å²) >= 11 is 3.16. The van der Waals surface area contributed by atoms with E-state index in [0.29, 0.717) is 13.1 Å². The molecule has 0 saturated carbocycles. The minimum absolute atomic E-state index is 0.213. The topological polar surface area (TPSA) is 122 Å². The standard InChI is InChI=1S/C26H30N2O6S4/c1-3-20(16-24-27(19(2)18-35-24)12-6-14-37(29,30)31)17-25-28(13-7-15-38(32,33)34)26-22-9-5-4-8-21(22)10-11-23(26)36-25/h4-5,8-11,16-18H,3,6-7,12-15H2,1-2H3,(H-,29,30,31,32,33,34)/p-1. The number of allylic oxidation sites excluding steroid dienone is 2. The zero-order chi connectivity index (χ0) is 27.5. The molecule has 38 heavy (non-hydrogen) atoms. The molecule has 0 saturated heterocycles. The molecule has 1 aliphatic heterocycles. The van der Waals surface area contributed by atoms with Crippen molar-refractivity contribution in [2.45, 2.75) is 44.6 Å². The van der Waals surface area contributed by atoms with Gasteiger partial charge in [-0.3, -0.25) is 0 Å². The minimum Gasteiger partial charge on any atom is -0.748 e. The van der Waals surface area contributed by atoms with E-state index in [1.165, 1.54) is 0 Å². The Morgan fingerprint density at radius 2 is 1.74 bits per heavy atom. The minimum atomic E-state index is -4.31. The molecule has 2 aromatic carbocycles. The van der Waals surface area contributed by atoms with E-state index < -0.39 is 31.7 Å². The third kappa shape index (κ3) is 7.25. The van der Waals surface area contributed by atoms with Crippen molar-refractivity contribution in [3.8, 4) is 0 Å². The second-order valence-electron chi connectivity index (χ2n) is 9.04. The van der Waals surface area contributed by atoms with Crippen LogP contribution in [0.2, 0.25) is 0 Å². The van der Waals surface area contributed by atoms with Gasteiger partial charge < -0.3 is 14.0 Å². The summed E-state index contributed by atoms with van der Waals surface area (Å²) in [7, 11) is -8.58. The first-order valence-corrected chi connectivity index (χ1v) is 17.0. The lowest BCUT2D eigenvalue weighted by molar-refractivity contribution is -0.699. The molecule has 0 N–H and O–H groups in total. The Kier molecular flexibility index (Phi) is 9.00. The van der Waals surface area contributed by atoms with Crippen molar-refractivity contribution in [1.29, 1.82) is 0 Å². The first-order chi connectivity index (χ1) is 17.9. The molecule has 0 bridgehead atoms. The van der Waals surface area contributed by atoms with Crippen LogP contribution in [0.1, 0.15) is 36.9 Å². The van der Waals surface area contributed by atoms with Crippen LogP contribution in [0.5, 0.6) is 0 Å². The van der Waals surface area contributed by atoms with Crippen molar-refractivity contribution in [3.63, 3.8) is 0 Å². The zero-order valence-corrected chi connectivity index (χ0v) is 24.4. The molecule has 3 aromatic rings. The highest BCUT2D eigenvalue weighted by molar-refractivity contribution is 8.03. The van der Waals surface area contributed by atoms with Crippen molar-refractivity contribution in [2.24, 2.45) is 0 Å². The maximum atomic E-state index is 11.3. The molecule has 204 valence electrons. The van der Waals surface area contributed by atoms with Gasteiger partial charge in [-0.2, -0.15) is 4.57 Å². The molecule has 0 fully saturated rings. The summed E-state index contributed by atoms with van der Waals surface area (Å²) in [6, 6.07) is 12.2. The lowest BCUT2D eigenvalue weighted by atomic mass is 10.1. The maximum absolute atomic E-state index is 11.3. The molecule has 0 spiro atoms. The van der Waals surface area contributed by atoms with Crippen molar-refractivity contribution in [3.05, 3.63) is 69.2 Å². The number of nitrogens with zero attached hydrogens (tertiary/aromatic N) is 2. The van der Waals surface area contributed by atoms with Gasteiger partial charge >= 0.3 is 0 Å². The van der Waals surface area contributed by atoms with Crippen LogP contribution in [0.15, 0.2) is 63.4 Å². The number of aromatic nitrogens is 1. The first-order valence-electron chi connectivity index (χ1n) is 12.2. The van der Waals surface area contributed by atoms with Crippen LogP contribution >= 0.6 is 23.1 Å². The lowest BCUT2D eigenvalue weighted by Gasteiger charge is -2.22. The van der Waals surface area contributed by atoms with Gasteiger partial charge in [-0.15, -0.1) is 0 Å². The van der Waals surface area contributed by atoms with E-state index in [2.05, 4.69) is 29.2 Å². The Morgan fingerprint density at radius 1 is 1.03 bits per heavy atom. The molecule has 0 radical (unpaired) electrons. The smallest absolute Gasteiger partial charge is 0.262 e. The number of hydrogen-bond acceptors (Lipinski definition) is 9. The van der Waals surface area contributed by atoms with E-state index in [-0.39, 0.29) is 12.8 Å². The van der Waals surface area contributed by atoms with Crippen molar-refractivity contribution >= 4 is 65.9 Å². The zero-order valence-electron chi connectivity index (χ0n) is 21.1. The number of anilines is 1. The third-order valence-electron chi connectivity index (χ3n) is 6.23. The van der Waals surface area contributed by atoms with Crippen LogP contribution in [0.3, 0.4) is 0 Å². The molecular weight excluding hydrogens is 565 g/mol. The lowest BCUT2D eigenvalue weighted by Crippen LogP contribution is -2.38. The van der Waals surface area contributed by atoms with Crippen LogP contribution in [0, 0.1) is 6.92 Å². The summed E-state index contributed by atoms with van der Waals surface area (Å²) in [5.74, 6) is -0.828. The van der Waals surface area contributed by atoms with Crippen molar-refractivity contribution < 1.29 is 30.5 Å². The SMILES string of the molecule is CCC(/C=C1\Sc2ccc3ccccc3c2N1CCCS(=O)(=O)[O-])=C\c1scc(C)[n+]1CCCS(=O)(=O)[O-]. The Morgan fingerprint density at radius 3 is 2.45 bits per heavy atom. The Bertz CT molecular complexity index is 1610. The summed E-state index contributed by atoms with van der Waals surface area (Å²) in [5.41, 5.74) is 3.04. The number of thiazole rings is 1. The van der Waals surface area contributed by atoms with Gasteiger partial charge in [-0.05, 0) is 35.9 Å². The van der Waals surface area contributed by atoms with Crippen molar-refractivity contribution in [2.75, 3.05) is 23.0 Å². The van der Waals surface area contributed by atoms with Crippen LogP contribution in [0.25, 0.3) is 16.8 Å². The van der Waals surface area contributed by atoms with E-state index in [9.17, 15) is 25.9 Å². The van der Waals surface area contributed by atoms with Crippen molar-refractivity contribution in [1.82, 2.24) is 0 Å². The fourth-order valence-electron chi connectivity index (χ4n) is 4.41. The van der Waals surface area contributed by atoms with Gasteiger partial charge in [-0.1, -0.05) is 60.4 Å². The molecule has 1 aromatic heterocycles. The number of aryl methyl sites for hydroxylation is 1. The highest BCUT2D eigenvalue weighted by atomic mass is 32.2. The third-order valence-corrected chi connectivity index (χ3v) is 9.95. The molecule has 2 heterocycles. The molecule has 0 amide bonds. The maximum Gasteiger partial charge on any atom is 0.262 e. The summed E-state index contributed by atoms with van der Waals surface area (Å²) in [6.45, 7) is 4.82. The normalized spacial score (nSPS) is 15.5. The van der Waals surface area contributed by atoms with E-state index in [1.54, 1.807) is 23.1 Å². The molecule has 1 aliphatic rings. The molecule has 4 rings (SSSR count). The summed E-state index contributed by atoms with van der Waals surface area (Å²) in [4.78, 5) is 3.17. The van der Waals surface area contributed by atoms with Gasteiger partial charge in [0.05, 0.1) is 36.3 Å². The molecule has 0 unspecified atom stereocenters. The summed E-state index contributed by atoms with van der Waals surface area (Å²) in [6.07, 6.45) is 5.34.